The Hall–Kier alpha value is -3.93. The third kappa shape index (κ3) is 3.26. The summed E-state index contributed by atoms with van der Waals surface area (Å²) in [6.45, 7) is 0.870. The summed E-state index contributed by atoms with van der Waals surface area (Å²) in [6, 6.07) is 18.9. The average molecular weight is 411 g/mol. The van der Waals surface area contributed by atoms with Gasteiger partial charge in [0.15, 0.2) is 0 Å². The number of aromatic nitrogens is 1. The second kappa shape index (κ2) is 7.72. The van der Waals surface area contributed by atoms with Crippen molar-refractivity contribution in [1.29, 1.82) is 0 Å². The fourth-order valence-corrected chi connectivity index (χ4v) is 4.22. The van der Waals surface area contributed by atoms with Gasteiger partial charge in [-0.15, -0.1) is 0 Å². The zero-order valence-electron chi connectivity index (χ0n) is 17.1. The lowest BCUT2D eigenvalue weighted by atomic mass is 10.0. The van der Waals surface area contributed by atoms with Gasteiger partial charge < -0.3 is 9.64 Å². The first-order valence-electron chi connectivity index (χ1n) is 10.2. The van der Waals surface area contributed by atoms with Gasteiger partial charge >= 0.3 is 0 Å². The molecule has 0 N–H and O–H groups in total. The number of anilines is 1. The highest BCUT2D eigenvalue weighted by atomic mass is 16.5. The van der Waals surface area contributed by atoms with Crippen molar-refractivity contribution in [2.24, 2.45) is 0 Å². The van der Waals surface area contributed by atoms with Gasteiger partial charge in [-0.1, -0.05) is 30.3 Å². The summed E-state index contributed by atoms with van der Waals surface area (Å²) < 4.78 is 5.26. The molecule has 0 aliphatic carbocycles. The molecule has 5 rings (SSSR count). The van der Waals surface area contributed by atoms with Crippen molar-refractivity contribution in [2.45, 2.75) is 13.0 Å². The van der Waals surface area contributed by atoms with Crippen LogP contribution in [0.25, 0.3) is 5.57 Å². The molecule has 2 aromatic carbocycles. The van der Waals surface area contributed by atoms with Crippen LogP contribution in [0.2, 0.25) is 0 Å². The minimum atomic E-state index is -0.286. The van der Waals surface area contributed by atoms with Crippen LogP contribution < -0.4 is 9.64 Å². The van der Waals surface area contributed by atoms with Crippen molar-refractivity contribution in [1.82, 2.24) is 9.88 Å². The highest BCUT2D eigenvalue weighted by Crippen LogP contribution is 2.39. The Morgan fingerprint density at radius 2 is 1.68 bits per heavy atom. The highest BCUT2D eigenvalue weighted by molar-refractivity contribution is 6.36. The number of imide groups is 1. The number of hydrogen-bond acceptors (Lipinski definition) is 5. The van der Waals surface area contributed by atoms with Crippen LogP contribution in [-0.2, 0) is 22.6 Å². The fraction of sp³-hybridized carbons (Fsp3) is 0.160. The number of rotatable bonds is 5. The maximum atomic E-state index is 13.6. The van der Waals surface area contributed by atoms with Crippen LogP contribution >= 0.6 is 0 Å². The second-order valence-electron chi connectivity index (χ2n) is 7.53. The molecular formula is C25H21N3O3. The number of para-hydroxylation sites is 1. The van der Waals surface area contributed by atoms with Crippen LogP contribution in [0.3, 0.4) is 0 Å². The average Bonchev–Trinajstić information content (AvgIpc) is 3.34. The number of pyridine rings is 1. The van der Waals surface area contributed by atoms with Crippen molar-refractivity contribution < 1.29 is 14.3 Å². The molecule has 2 amide bonds. The van der Waals surface area contributed by atoms with Crippen LogP contribution in [0.4, 0.5) is 5.69 Å². The number of amides is 2. The topological polar surface area (TPSA) is 62.7 Å². The summed E-state index contributed by atoms with van der Waals surface area (Å²) in [6.07, 6.45) is 4.16. The van der Waals surface area contributed by atoms with Gasteiger partial charge in [0.2, 0.25) is 0 Å². The lowest BCUT2D eigenvalue weighted by Gasteiger charge is -2.21. The van der Waals surface area contributed by atoms with Crippen LogP contribution in [0, 0.1) is 0 Å². The van der Waals surface area contributed by atoms with Crippen LogP contribution in [0.15, 0.2) is 78.8 Å². The van der Waals surface area contributed by atoms with E-state index >= 15 is 0 Å². The molecule has 0 unspecified atom stereocenters. The Labute approximate surface area is 180 Å². The SMILES string of the molecule is COc1ccc(C2=C(N3CCc4ccccc43)C(=O)N(Cc3ccncc3)C2=O)cc1. The van der Waals surface area contributed by atoms with Crippen molar-refractivity contribution >= 4 is 23.1 Å². The first kappa shape index (κ1) is 19.1. The summed E-state index contributed by atoms with van der Waals surface area (Å²) in [4.78, 5) is 34.5. The molecule has 0 radical (unpaired) electrons. The Bertz CT molecular complexity index is 1190. The fourth-order valence-electron chi connectivity index (χ4n) is 4.22. The first-order chi connectivity index (χ1) is 15.2. The summed E-state index contributed by atoms with van der Waals surface area (Å²) >= 11 is 0. The molecule has 0 bridgehead atoms. The summed E-state index contributed by atoms with van der Waals surface area (Å²) in [5.41, 5.74) is 4.59. The van der Waals surface area contributed by atoms with Gasteiger partial charge in [-0.2, -0.15) is 0 Å². The van der Waals surface area contributed by atoms with E-state index in [2.05, 4.69) is 11.1 Å². The third-order valence-corrected chi connectivity index (χ3v) is 5.77. The smallest absolute Gasteiger partial charge is 0.278 e. The first-order valence-corrected chi connectivity index (χ1v) is 10.2. The molecule has 0 saturated carbocycles. The predicted octanol–water partition coefficient (Wildman–Crippen LogP) is 3.43. The largest absolute Gasteiger partial charge is 0.497 e. The molecule has 0 spiro atoms. The van der Waals surface area contributed by atoms with Gasteiger partial charge in [-0.05, 0) is 53.4 Å². The van der Waals surface area contributed by atoms with E-state index in [4.69, 9.17) is 4.74 Å². The number of hydrogen-bond donors (Lipinski definition) is 0. The van der Waals surface area contributed by atoms with Gasteiger partial charge in [0, 0.05) is 24.6 Å². The van der Waals surface area contributed by atoms with E-state index in [0.717, 1.165) is 17.7 Å². The standard InChI is InChI=1S/C25H21N3O3/c1-31-20-8-6-19(7-9-20)22-23(27-15-12-18-4-2-3-5-21(18)27)25(30)28(24(22)29)16-17-10-13-26-14-11-17/h2-11,13-14H,12,15-16H2,1H3. The number of fused-ring (bicyclic) bond motifs is 1. The van der Waals surface area contributed by atoms with E-state index in [1.807, 2.05) is 47.4 Å². The molecule has 1 aromatic heterocycles. The number of nitrogens with zero attached hydrogens (tertiary/aromatic N) is 3. The number of ether oxygens (including phenoxy) is 1. The summed E-state index contributed by atoms with van der Waals surface area (Å²) in [7, 11) is 1.60. The molecule has 6 heteroatoms. The van der Waals surface area contributed by atoms with Crippen molar-refractivity contribution in [2.75, 3.05) is 18.6 Å². The zero-order chi connectivity index (χ0) is 21.4. The van der Waals surface area contributed by atoms with Crippen molar-refractivity contribution in [3.63, 3.8) is 0 Å². The molecule has 31 heavy (non-hydrogen) atoms. The molecular weight excluding hydrogens is 390 g/mol. The Morgan fingerprint density at radius 3 is 2.42 bits per heavy atom. The van der Waals surface area contributed by atoms with Gasteiger partial charge in [0.05, 0.1) is 19.2 Å². The third-order valence-electron chi connectivity index (χ3n) is 5.77. The molecule has 154 valence electrons. The lowest BCUT2D eigenvalue weighted by Crippen LogP contribution is -2.34. The molecule has 2 aliphatic rings. The van der Waals surface area contributed by atoms with Gasteiger partial charge in [0.1, 0.15) is 11.4 Å². The number of benzene rings is 2. The summed E-state index contributed by atoms with van der Waals surface area (Å²) in [5, 5.41) is 0. The van der Waals surface area contributed by atoms with E-state index in [0.29, 0.717) is 29.1 Å². The number of carbonyl (C=O) groups is 2. The molecule has 0 saturated heterocycles. The Morgan fingerprint density at radius 1 is 0.935 bits per heavy atom. The van der Waals surface area contributed by atoms with Crippen LogP contribution in [0.1, 0.15) is 16.7 Å². The number of carbonyl (C=O) groups excluding carboxylic acids is 2. The maximum absolute atomic E-state index is 13.6. The van der Waals surface area contributed by atoms with E-state index in [1.165, 1.54) is 10.5 Å². The predicted molar refractivity (Wildman–Crippen MR) is 117 cm³/mol. The van der Waals surface area contributed by atoms with Gasteiger partial charge in [-0.25, -0.2) is 0 Å². The van der Waals surface area contributed by atoms with Crippen LogP contribution in [0.5, 0.6) is 5.75 Å². The van der Waals surface area contributed by atoms with Crippen LogP contribution in [-0.4, -0.2) is 35.4 Å². The zero-order valence-corrected chi connectivity index (χ0v) is 17.1. The minimum absolute atomic E-state index is 0.207. The normalized spacial score (nSPS) is 15.6. The highest BCUT2D eigenvalue weighted by Gasteiger charge is 2.43. The van der Waals surface area contributed by atoms with E-state index in [9.17, 15) is 9.59 Å². The quantitative estimate of drug-likeness (QED) is 0.602. The Balaban J connectivity index is 1.61. The monoisotopic (exact) mass is 411 g/mol. The lowest BCUT2D eigenvalue weighted by molar-refractivity contribution is -0.137. The molecule has 3 aromatic rings. The van der Waals surface area contributed by atoms with Crippen molar-refractivity contribution in [3.05, 3.63) is 95.4 Å². The molecule has 3 heterocycles. The minimum Gasteiger partial charge on any atom is -0.497 e. The van der Waals surface area contributed by atoms with E-state index in [-0.39, 0.29) is 18.4 Å². The molecule has 2 aliphatic heterocycles. The molecule has 0 atom stereocenters. The summed E-state index contributed by atoms with van der Waals surface area (Å²) in [5.74, 6) is 0.138. The number of methoxy groups -OCH3 is 1. The maximum Gasteiger partial charge on any atom is 0.278 e. The van der Waals surface area contributed by atoms with Gasteiger partial charge in [-0.3, -0.25) is 19.5 Å². The van der Waals surface area contributed by atoms with E-state index < -0.39 is 0 Å². The molecule has 6 nitrogen and oxygen atoms in total. The van der Waals surface area contributed by atoms with Gasteiger partial charge in [0.25, 0.3) is 11.8 Å². The molecule has 0 fully saturated rings. The van der Waals surface area contributed by atoms with E-state index in [1.54, 1.807) is 31.6 Å². The van der Waals surface area contributed by atoms with Crippen molar-refractivity contribution in [3.8, 4) is 5.75 Å². The Kier molecular flexibility index (Phi) is 4.75. The second-order valence-corrected chi connectivity index (χ2v) is 7.53.